The Labute approximate surface area is 136 Å². The van der Waals surface area contributed by atoms with Gasteiger partial charge in [0.25, 0.3) is 0 Å². The molecule has 0 fully saturated rings. The van der Waals surface area contributed by atoms with Crippen molar-refractivity contribution in [2.24, 2.45) is 0 Å². The van der Waals surface area contributed by atoms with Crippen molar-refractivity contribution < 1.29 is 9.53 Å². The number of ether oxygens (including phenoxy) is 1. The fraction of sp³-hybridized carbons (Fsp3) is 0.278. The van der Waals surface area contributed by atoms with Gasteiger partial charge in [-0.2, -0.15) is 0 Å². The molecule has 0 aliphatic rings. The van der Waals surface area contributed by atoms with Gasteiger partial charge in [-0.05, 0) is 36.2 Å². The van der Waals surface area contributed by atoms with E-state index in [0.717, 1.165) is 22.8 Å². The average Bonchev–Trinajstić information content (AvgIpc) is 2.56. The standard InChI is InChI=1S/C18H21NO2S/c1-21-16-7-9-17(10-8-16)22-14-12-18(20)19-13-11-15-5-3-2-4-6-15/h2-10H,11-14H2,1H3,(H,19,20). The van der Waals surface area contributed by atoms with Gasteiger partial charge in [-0.15, -0.1) is 11.8 Å². The molecule has 0 spiro atoms. The fourth-order valence-electron chi connectivity index (χ4n) is 2.01. The summed E-state index contributed by atoms with van der Waals surface area (Å²) in [5, 5.41) is 2.96. The molecule has 2 rings (SSSR count). The van der Waals surface area contributed by atoms with Crippen LogP contribution >= 0.6 is 11.8 Å². The van der Waals surface area contributed by atoms with Crippen molar-refractivity contribution >= 4 is 17.7 Å². The molecule has 2 aromatic rings. The van der Waals surface area contributed by atoms with E-state index in [2.05, 4.69) is 17.4 Å². The van der Waals surface area contributed by atoms with Crippen molar-refractivity contribution in [2.45, 2.75) is 17.7 Å². The molecule has 0 atom stereocenters. The predicted octanol–water partition coefficient (Wildman–Crippen LogP) is 3.54. The SMILES string of the molecule is COc1ccc(SCCC(=O)NCCc2ccccc2)cc1. The summed E-state index contributed by atoms with van der Waals surface area (Å²) in [6.07, 6.45) is 1.41. The second kappa shape index (κ2) is 9.15. The molecule has 1 amide bonds. The molecular weight excluding hydrogens is 294 g/mol. The Hall–Kier alpha value is -1.94. The summed E-state index contributed by atoms with van der Waals surface area (Å²) >= 11 is 1.68. The third kappa shape index (κ3) is 5.82. The van der Waals surface area contributed by atoms with Crippen LogP contribution in [0.1, 0.15) is 12.0 Å². The molecule has 0 saturated carbocycles. The van der Waals surface area contributed by atoms with Gasteiger partial charge in [0.2, 0.25) is 5.91 Å². The first-order valence-corrected chi connectivity index (χ1v) is 8.34. The van der Waals surface area contributed by atoms with Gasteiger partial charge in [-0.1, -0.05) is 30.3 Å². The molecule has 2 aromatic carbocycles. The van der Waals surface area contributed by atoms with Crippen LogP contribution < -0.4 is 10.1 Å². The number of nitrogens with one attached hydrogen (secondary N) is 1. The lowest BCUT2D eigenvalue weighted by atomic mass is 10.1. The number of benzene rings is 2. The first kappa shape index (κ1) is 16.4. The van der Waals surface area contributed by atoms with Crippen molar-refractivity contribution in [3.05, 3.63) is 60.2 Å². The largest absolute Gasteiger partial charge is 0.497 e. The molecular formula is C18H21NO2S. The zero-order chi connectivity index (χ0) is 15.6. The van der Waals surface area contributed by atoms with Crippen LogP contribution in [0.2, 0.25) is 0 Å². The summed E-state index contributed by atoms with van der Waals surface area (Å²) in [5.41, 5.74) is 1.25. The highest BCUT2D eigenvalue weighted by Gasteiger charge is 2.02. The van der Waals surface area contributed by atoms with E-state index < -0.39 is 0 Å². The highest BCUT2D eigenvalue weighted by Crippen LogP contribution is 2.21. The van der Waals surface area contributed by atoms with Crippen LogP contribution in [0.3, 0.4) is 0 Å². The van der Waals surface area contributed by atoms with Crippen LogP contribution in [0.15, 0.2) is 59.5 Å². The topological polar surface area (TPSA) is 38.3 Å². The minimum absolute atomic E-state index is 0.108. The van der Waals surface area contributed by atoms with E-state index in [9.17, 15) is 4.79 Å². The van der Waals surface area contributed by atoms with E-state index in [1.54, 1.807) is 18.9 Å². The van der Waals surface area contributed by atoms with Gasteiger partial charge in [0.05, 0.1) is 7.11 Å². The third-order valence-corrected chi connectivity index (χ3v) is 4.25. The van der Waals surface area contributed by atoms with Crippen LogP contribution in [-0.4, -0.2) is 25.3 Å². The number of carbonyl (C=O) groups excluding carboxylic acids is 1. The summed E-state index contributed by atoms with van der Waals surface area (Å²) in [7, 11) is 1.65. The van der Waals surface area contributed by atoms with Crippen LogP contribution in [0, 0.1) is 0 Å². The molecule has 0 radical (unpaired) electrons. The molecule has 0 saturated heterocycles. The lowest BCUT2D eigenvalue weighted by Crippen LogP contribution is -2.25. The predicted molar refractivity (Wildman–Crippen MR) is 91.5 cm³/mol. The van der Waals surface area contributed by atoms with E-state index in [-0.39, 0.29) is 5.91 Å². The molecule has 0 aliphatic carbocycles. The van der Waals surface area contributed by atoms with Crippen LogP contribution in [0.4, 0.5) is 0 Å². The number of methoxy groups -OCH3 is 1. The molecule has 0 aliphatic heterocycles. The second-order valence-electron chi connectivity index (χ2n) is 4.86. The summed E-state index contributed by atoms with van der Waals surface area (Å²) in [4.78, 5) is 12.9. The number of hydrogen-bond donors (Lipinski definition) is 1. The third-order valence-electron chi connectivity index (χ3n) is 3.24. The molecule has 116 valence electrons. The maximum atomic E-state index is 11.8. The first-order chi connectivity index (χ1) is 10.8. The van der Waals surface area contributed by atoms with Gasteiger partial charge in [-0.25, -0.2) is 0 Å². The first-order valence-electron chi connectivity index (χ1n) is 7.35. The maximum Gasteiger partial charge on any atom is 0.220 e. The minimum Gasteiger partial charge on any atom is -0.497 e. The van der Waals surface area contributed by atoms with E-state index >= 15 is 0 Å². The summed E-state index contributed by atoms with van der Waals surface area (Å²) in [6.45, 7) is 0.691. The molecule has 4 heteroatoms. The molecule has 22 heavy (non-hydrogen) atoms. The highest BCUT2D eigenvalue weighted by atomic mass is 32.2. The Kier molecular flexibility index (Phi) is 6.84. The van der Waals surface area contributed by atoms with E-state index in [1.165, 1.54) is 5.56 Å². The number of thioether (sulfide) groups is 1. The fourth-order valence-corrected chi connectivity index (χ4v) is 2.86. The minimum atomic E-state index is 0.108. The monoisotopic (exact) mass is 315 g/mol. The van der Waals surface area contributed by atoms with Gasteiger partial charge < -0.3 is 10.1 Å². The van der Waals surface area contributed by atoms with Crippen molar-refractivity contribution in [3.8, 4) is 5.75 Å². The Bertz CT molecular complexity index is 569. The van der Waals surface area contributed by atoms with Crippen molar-refractivity contribution in [2.75, 3.05) is 19.4 Å². The number of hydrogen-bond acceptors (Lipinski definition) is 3. The number of rotatable bonds is 8. The van der Waals surface area contributed by atoms with Crippen molar-refractivity contribution in [3.63, 3.8) is 0 Å². The van der Waals surface area contributed by atoms with Gasteiger partial charge in [0.15, 0.2) is 0 Å². The smallest absolute Gasteiger partial charge is 0.220 e. The normalized spacial score (nSPS) is 10.2. The van der Waals surface area contributed by atoms with Gasteiger partial charge in [-0.3, -0.25) is 4.79 Å². The zero-order valence-electron chi connectivity index (χ0n) is 12.7. The Morgan fingerprint density at radius 3 is 2.50 bits per heavy atom. The van der Waals surface area contributed by atoms with Crippen molar-refractivity contribution in [1.29, 1.82) is 0 Å². The van der Waals surface area contributed by atoms with Crippen LogP contribution in [0.5, 0.6) is 5.75 Å². The summed E-state index contributed by atoms with van der Waals surface area (Å²) < 4.78 is 5.12. The van der Waals surface area contributed by atoms with Gasteiger partial charge in [0.1, 0.15) is 5.75 Å². The highest BCUT2D eigenvalue weighted by molar-refractivity contribution is 7.99. The van der Waals surface area contributed by atoms with E-state index in [4.69, 9.17) is 4.74 Å². The lowest BCUT2D eigenvalue weighted by Gasteiger charge is -2.06. The Morgan fingerprint density at radius 1 is 1.09 bits per heavy atom. The molecule has 3 nitrogen and oxygen atoms in total. The average molecular weight is 315 g/mol. The molecule has 0 bridgehead atoms. The van der Waals surface area contributed by atoms with Gasteiger partial charge >= 0.3 is 0 Å². The molecule has 0 unspecified atom stereocenters. The quantitative estimate of drug-likeness (QED) is 0.757. The summed E-state index contributed by atoms with van der Waals surface area (Å²) in [6, 6.07) is 18.1. The lowest BCUT2D eigenvalue weighted by molar-refractivity contribution is -0.120. The summed E-state index contributed by atoms with van der Waals surface area (Å²) in [5.74, 6) is 1.74. The molecule has 0 aromatic heterocycles. The van der Waals surface area contributed by atoms with E-state index in [1.807, 2.05) is 42.5 Å². The zero-order valence-corrected chi connectivity index (χ0v) is 13.6. The van der Waals surface area contributed by atoms with Gasteiger partial charge in [0, 0.05) is 23.6 Å². The maximum absolute atomic E-state index is 11.8. The van der Waals surface area contributed by atoms with E-state index in [0.29, 0.717) is 13.0 Å². The molecule has 0 heterocycles. The van der Waals surface area contributed by atoms with Crippen molar-refractivity contribution in [1.82, 2.24) is 5.32 Å². The molecule has 1 N–H and O–H groups in total. The number of amides is 1. The van der Waals surface area contributed by atoms with Crippen LogP contribution in [-0.2, 0) is 11.2 Å². The van der Waals surface area contributed by atoms with Crippen LogP contribution in [0.25, 0.3) is 0 Å². The number of carbonyl (C=O) groups is 1. The Balaban J connectivity index is 1.61. The Morgan fingerprint density at radius 2 is 1.82 bits per heavy atom. The second-order valence-corrected chi connectivity index (χ2v) is 6.03.